The first-order chi connectivity index (χ1) is 14.6. The summed E-state index contributed by atoms with van der Waals surface area (Å²) in [7, 11) is 1.70. The number of aryl methyl sites for hydroxylation is 1. The molecular weight excluding hydrogens is 380 g/mol. The molecule has 164 valence electrons. The molecule has 0 aromatic heterocycles. The Morgan fingerprint density at radius 2 is 1.73 bits per heavy atom. The topological polar surface area (TPSA) is 65.4 Å². The average molecular weight is 415 g/mol. The maximum Gasteiger partial charge on any atom is 0.121 e. The Labute approximate surface area is 179 Å². The molecule has 6 nitrogen and oxygen atoms in total. The van der Waals surface area contributed by atoms with Gasteiger partial charge in [0.25, 0.3) is 0 Å². The summed E-state index contributed by atoms with van der Waals surface area (Å²) in [4.78, 5) is 4.94. The summed E-state index contributed by atoms with van der Waals surface area (Å²) in [6.07, 6.45) is 0.777. The molecule has 1 saturated heterocycles. The molecule has 30 heavy (non-hydrogen) atoms. The molecule has 2 aromatic carbocycles. The first-order valence-electron chi connectivity index (χ1n) is 10.7. The molecule has 0 bridgehead atoms. The fraction of sp³-hybridized carbons (Fsp3) is 0.500. The molecule has 0 radical (unpaired) electrons. The summed E-state index contributed by atoms with van der Waals surface area (Å²) < 4.78 is 10.8. The molecule has 0 saturated carbocycles. The lowest BCUT2D eigenvalue weighted by atomic mass is 10.0. The highest BCUT2D eigenvalue weighted by atomic mass is 16.5. The van der Waals surface area contributed by atoms with Crippen molar-refractivity contribution in [1.82, 2.24) is 9.80 Å². The Morgan fingerprint density at radius 3 is 2.40 bits per heavy atom. The van der Waals surface area contributed by atoms with Crippen molar-refractivity contribution in [2.75, 3.05) is 46.6 Å². The molecule has 1 heterocycles. The van der Waals surface area contributed by atoms with Crippen LogP contribution in [0.3, 0.4) is 0 Å². The van der Waals surface area contributed by atoms with E-state index in [0.717, 1.165) is 56.2 Å². The van der Waals surface area contributed by atoms with E-state index in [1.807, 2.05) is 18.2 Å². The number of nitrogens with zero attached hydrogens (tertiary/aromatic N) is 2. The molecule has 2 aromatic rings. The van der Waals surface area contributed by atoms with Crippen molar-refractivity contribution < 1.29 is 19.7 Å². The Bertz CT molecular complexity index is 781. The van der Waals surface area contributed by atoms with Crippen molar-refractivity contribution >= 4 is 0 Å². The second-order valence-corrected chi connectivity index (χ2v) is 7.89. The number of methoxy groups -OCH3 is 1. The van der Waals surface area contributed by atoms with Crippen LogP contribution in [0.1, 0.15) is 23.1 Å². The molecular formula is C24H34N2O4. The van der Waals surface area contributed by atoms with Gasteiger partial charge >= 0.3 is 0 Å². The monoisotopic (exact) mass is 414 g/mol. The van der Waals surface area contributed by atoms with E-state index in [1.54, 1.807) is 7.11 Å². The molecule has 2 N–H and O–H groups in total. The third-order valence-electron chi connectivity index (χ3n) is 5.69. The Kier molecular flexibility index (Phi) is 8.51. The van der Waals surface area contributed by atoms with Gasteiger partial charge in [0.05, 0.1) is 13.7 Å². The summed E-state index contributed by atoms with van der Waals surface area (Å²) in [5.41, 5.74) is 3.68. The number of hydrogen-bond acceptors (Lipinski definition) is 6. The molecule has 0 amide bonds. The first-order valence-corrected chi connectivity index (χ1v) is 10.7. The number of piperazine rings is 1. The van der Waals surface area contributed by atoms with Crippen molar-refractivity contribution in [3.05, 3.63) is 59.2 Å². The van der Waals surface area contributed by atoms with Crippen molar-refractivity contribution in [2.24, 2.45) is 0 Å². The van der Waals surface area contributed by atoms with Crippen molar-refractivity contribution in [1.29, 1.82) is 0 Å². The molecule has 1 aliphatic heterocycles. The lowest BCUT2D eigenvalue weighted by Crippen LogP contribution is -2.52. The second kappa shape index (κ2) is 11.3. The van der Waals surface area contributed by atoms with Crippen LogP contribution in [-0.2, 0) is 13.1 Å². The van der Waals surface area contributed by atoms with Crippen LogP contribution in [0.2, 0.25) is 0 Å². The van der Waals surface area contributed by atoms with Crippen molar-refractivity contribution in [3.63, 3.8) is 0 Å². The van der Waals surface area contributed by atoms with E-state index < -0.39 is 0 Å². The van der Waals surface area contributed by atoms with Crippen LogP contribution in [-0.4, -0.2) is 72.6 Å². The van der Waals surface area contributed by atoms with Gasteiger partial charge in [0, 0.05) is 45.4 Å². The minimum atomic E-state index is 0.0222. The van der Waals surface area contributed by atoms with Gasteiger partial charge in [-0.25, -0.2) is 0 Å². The molecule has 1 fully saturated rings. The fourth-order valence-corrected chi connectivity index (χ4v) is 4.12. The SMILES string of the molecule is COc1ccc(CN2CCN(Cc3ccc(OCCO)cc3)C[C@H]2CCO)cc1C. The van der Waals surface area contributed by atoms with Gasteiger partial charge < -0.3 is 19.7 Å². The Balaban J connectivity index is 1.58. The molecule has 0 unspecified atom stereocenters. The van der Waals surface area contributed by atoms with Crippen LogP contribution >= 0.6 is 0 Å². The molecule has 1 aliphatic rings. The average Bonchev–Trinajstić information content (AvgIpc) is 2.75. The number of aliphatic hydroxyl groups excluding tert-OH is 2. The summed E-state index contributed by atoms with van der Waals surface area (Å²) in [6.45, 7) is 7.31. The summed E-state index contributed by atoms with van der Waals surface area (Å²) >= 11 is 0. The summed E-state index contributed by atoms with van der Waals surface area (Å²) in [5, 5.41) is 18.5. The maximum atomic E-state index is 9.60. The van der Waals surface area contributed by atoms with Crippen LogP contribution in [0.5, 0.6) is 11.5 Å². The normalized spacial score (nSPS) is 17.8. The van der Waals surface area contributed by atoms with E-state index in [2.05, 4.69) is 41.0 Å². The van der Waals surface area contributed by atoms with Crippen molar-refractivity contribution in [3.8, 4) is 11.5 Å². The number of hydrogen-bond donors (Lipinski definition) is 2. The quantitative estimate of drug-likeness (QED) is 0.623. The highest BCUT2D eigenvalue weighted by Crippen LogP contribution is 2.23. The first kappa shape index (κ1) is 22.6. The second-order valence-electron chi connectivity index (χ2n) is 7.89. The van der Waals surface area contributed by atoms with Gasteiger partial charge in [0.15, 0.2) is 0 Å². The standard InChI is InChI=1S/C24H34N2O4/c1-19-15-21(5-8-24(19)29-2)17-26-11-10-25(18-22(26)9-12-27)16-20-3-6-23(7-4-20)30-14-13-28/h3-8,15,22,27-28H,9-14,16-18H2,1-2H3/t22-/m1/s1. The van der Waals surface area contributed by atoms with Crippen LogP contribution in [0.25, 0.3) is 0 Å². The smallest absolute Gasteiger partial charge is 0.121 e. The Morgan fingerprint density at radius 1 is 0.967 bits per heavy atom. The highest BCUT2D eigenvalue weighted by Gasteiger charge is 2.26. The third kappa shape index (κ3) is 6.19. The van der Waals surface area contributed by atoms with Gasteiger partial charge in [0.1, 0.15) is 18.1 Å². The molecule has 0 spiro atoms. The van der Waals surface area contributed by atoms with Gasteiger partial charge in [-0.05, 0) is 48.2 Å². The van der Waals surface area contributed by atoms with E-state index in [1.165, 1.54) is 11.1 Å². The maximum absolute atomic E-state index is 9.60. The number of aliphatic hydroxyl groups is 2. The van der Waals surface area contributed by atoms with E-state index in [0.29, 0.717) is 12.6 Å². The Hall–Kier alpha value is -2.12. The lowest BCUT2D eigenvalue weighted by Gasteiger charge is -2.41. The van der Waals surface area contributed by atoms with E-state index >= 15 is 0 Å². The predicted molar refractivity (Wildman–Crippen MR) is 118 cm³/mol. The number of rotatable bonds is 10. The van der Waals surface area contributed by atoms with E-state index in [-0.39, 0.29) is 13.2 Å². The molecule has 0 aliphatic carbocycles. The van der Waals surface area contributed by atoms with Gasteiger partial charge in [-0.15, -0.1) is 0 Å². The molecule has 3 rings (SSSR count). The fourth-order valence-electron chi connectivity index (χ4n) is 4.12. The molecule has 6 heteroatoms. The number of benzene rings is 2. The largest absolute Gasteiger partial charge is 0.496 e. The van der Waals surface area contributed by atoms with Gasteiger partial charge in [-0.3, -0.25) is 9.80 Å². The number of ether oxygens (including phenoxy) is 2. The summed E-state index contributed by atoms with van der Waals surface area (Å²) in [6, 6.07) is 14.8. The highest BCUT2D eigenvalue weighted by molar-refractivity contribution is 5.36. The minimum absolute atomic E-state index is 0.0222. The van der Waals surface area contributed by atoms with Crippen LogP contribution in [0, 0.1) is 6.92 Å². The van der Waals surface area contributed by atoms with Gasteiger partial charge in [-0.1, -0.05) is 24.3 Å². The third-order valence-corrected chi connectivity index (χ3v) is 5.69. The van der Waals surface area contributed by atoms with Gasteiger partial charge in [-0.2, -0.15) is 0 Å². The molecule has 1 atom stereocenters. The van der Waals surface area contributed by atoms with E-state index in [4.69, 9.17) is 14.6 Å². The lowest BCUT2D eigenvalue weighted by molar-refractivity contribution is 0.0499. The zero-order valence-corrected chi connectivity index (χ0v) is 18.1. The predicted octanol–water partition coefficient (Wildman–Crippen LogP) is 2.44. The minimum Gasteiger partial charge on any atom is -0.496 e. The van der Waals surface area contributed by atoms with E-state index in [9.17, 15) is 5.11 Å². The van der Waals surface area contributed by atoms with Crippen LogP contribution < -0.4 is 9.47 Å². The van der Waals surface area contributed by atoms with Crippen molar-refractivity contribution in [2.45, 2.75) is 32.5 Å². The van der Waals surface area contributed by atoms with Crippen LogP contribution in [0.4, 0.5) is 0 Å². The summed E-state index contributed by atoms with van der Waals surface area (Å²) in [5.74, 6) is 1.70. The zero-order valence-electron chi connectivity index (χ0n) is 18.1. The zero-order chi connectivity index (χ0) is 21.3. The van der Waals surface area contributed by atoms with Gasteiger partial charge in [0.2, 0.25) is 0 Å². The van der Waals surface area contributed by atoms with Crippen LogP contribution in [0.15, 0.2) is 42.5 Å².